The first kappa shape index (κ1) is 17.6. The summed E-state index contributed by atoms with van der Waals surface area (Å²) in [5.74, 6) is -1.30. The van der Waals surface area contributed by atoms with Crippen LogP contribution in [-0.2, 0) is 14.2 Å². The van der Waals surface area contributed by atoms with Gasteiger partial charge in [0.05, 0.1) is 10.5 Å². The fourth-order valence-corrected chi connectivity index (χ4v) is 3.60. The summed E-state index contributed by atoms with van der Waals surface area (Å²) < 4.78 is 17.3. The summed E-state index contributed by atoms with van der Waals surface area (Å²) in [5.41, 5.74) is 0.828. The Hall–Kier alpha value is -2.25. The lowest BCUT2D eigenvalue weighted by atomic mass is 9.82. The molecule has 0 aliphatic carbocycles. The van der Waals surface area contributed by atoms with Crippen molar-refractivity contribution in [2.45, 2.75) is 45.2 Å². The van der Waals surface area contributed by atoms with Crippen molar-refractivity contribution in [3.05, 3.63) is 51.6 Å². The number of non-ortho nitro benzene ring substituents is 1. The van der Waals surface area contributed by atoms with Crippen LogP contribution < -0.4 is 0 Å². The quantitative estimate of drug-likeness (QED) is 0.360. The van der Waals surface area contributed by atoms with Crippen molar-refractivity contribution in [2.24, 2.45) is 5.41 Å². The van der Waals surface area contributed by atoms with Crippen LogP contribution in [0.2, 0.25) is 0 Å². The van der Waals surface area contributed by atoms with E-state index in [-0.39, 0.29) is 22.8 Å². The highest BCUT2D eigenvalue weighted by molar-refractivity contribution is 5.89. The molecular weight excluding hydrogens is 326 g/mol. The van der Waals surface area contributed by atoms with Gasteiger partial charge in [-0.25, -0.2) is 4.79 Å². The largest absolute Gasteiger partial charge is 0.452 e. The number of nitro benzene ring substituents is 1. The van der Waals surface area contributed by atoms with E-state index in [0.29, 0.717) is 6.42 Å². The number of hydrogen-bond acceptors (Lipinski definition) is 6. The number of carbonyl (C=O) groups is 1. The fraction of sp³-hybridized carbons (Fsp3) is 0.500. The van der Waals surface area contributed by atoms with E-state index in [1.54, 1.807) is 7.11 Å². The molecule has 0 spiro atoms. The summed E-state index contributed by atoms with van der Waals surface area (Å²) in [6, 6.07) is 5.34. The summed E-state index contributed by atoms with van der Waals surface area (Å²) in [5, 5.41) is 10.7. The van der Waals surface area contributed by atoms with E-state index >= 15 is 0 Å². The number of nitro groups is 1. The summed E-state index contributed by atoms with van der Waals surface area (Å²) in [6.07, 6.45) is 1.69. The van der Waals surface area contributed by atoms with Crippen molar-refractivity contribution >= 4 is 11.7 Å². The third-order valence-electron chi connectivity index (χ3n) is 4.98. The maximum Gasteiger partial charge on any atom is 0.338 e. The van der Waals surface area contributed by atoms with Crippen molar-refractivity contribution in [2.75, 3.05) is 7.11 Å². The molecule has 7 nitrogen and oxygen atoms in total. The van der Waals surface area contributed by atoms with Gasteiger partial charge in [0.2, 0.25) is 0 Å². The van der Waals surface area contributed by atoms with E-state index in [4.69, 9.17) is 14.2 Å². The fourth-order valence-electron chi connectivity index (χ4n) is 3.60. The lowest BCUT2D eigenvalue weighted by molar-refractivity contribution is -0.384. The Kier molecular flexibility index (Phi) is 4.17. The Balaban J connectivity index is 1.81. The number of hydrogen-bond donors (Lipinski definition) is 0. The molecule has 3 unspecified atom stereocenters. The van der Waals surface area contributed by atoms with Gasteiger partial charge in [0.1, 0.15) is 12.2 Å². The molecule has 0 amide bonds. The van der Waals surface area contributed by atoms with Crippen LogP contribution in [0.1, 0.15) is 37.6 Å². The molecule has 2 heterocycles. The second-order valence-electron chi connectivity index (χ2n) is 7.18. The van der Waals surface area contributed by atoms with E-state index in [2.05, 4.69) is 13.8 Å². The molecule has 1 saturated heterocycles. The highest BCUT2D eigenvalue weighted by Crippen LogP contribution is 2.52. The number of carbonyl (C=O) groups excluding carboxylic acids is 1. The molecule has 0 saturated carbocycles. The molecule has 0 N–H and O–H groups in total. The SMILES string of the molecule is COC12CC(C)(C)C(O1)C(OC(=O)c1ccc([N+](=O)[O-])cc1)C=C2C. The summed E-state index contributed by atoms with van der Waals surface area (Å²) in [7, 11) is 1.61. The van der Waals surface area contributed by atoms with Gasteiger partial charge < -0.3 is 14.2 Å². The van der Waals surface area contributed by atoms with Crippen LogP contribution in [0.4, 0.5) is 5.69 Å². The monoisotopic (exact) mass is 347 g/mol. The lowest BCUT2D eigenvalue weighted by Gasteiger charge is -2.36. The van der Waals surface area contributed by atoms with Crippen molar-refractivity contribution in [3.8, 4) is 0 Å². The summed E-state index contributed by atoms with van der Waals surface area (Å²) in [4.78, 5) is 22.6. The van der Waals surface area contributed by atoms with Gasteiger partial charge in [0.15, 0.2) is 5.79 Å². The minimum atomic E-state index is -0.759. The minimum Gasteiger partial charge on any atom is -0.452 e. The van der Waals surface area contributed by atoms with Gasteiger partial charge in [-0.3, -0.25) is 10.1 Å². The molecule has 1 fully saturated rings. The predicted molar refractivity (Wildman–Crippen MR) is 89.1 cm³/mol. The summed E-state index contributed by atoms with van der Waals surface area (Å²) >= 11 is 0. The molecule has 2 bridgehead atoms. The van der Waals surface area contributed by atoms with Gasteiger partial charge in [-0.2, -0.15) is 0 Å². The van der Waals surface area contributed by atoms with E-state index in [0.717, 1.165) is 5.57 Å². The molecule has 3 rings (SSSR count). The number of rotatable bonds is 4. The van der Waals surface area contributed by atoms with E-state index in [1.807, 2.05) is 13.0 Å². The number of methoxy groups -OCH3 is 1. The van der Waals surface area contributed by atoms with E-state index in [9.17, 15) is 14.9 Å². The van der Waals surface area contributed by atoms with Crippen LogP contribution in [0, 0.1) is 15.5 Å². The Bertz CT molecular complexity index is 738. The predicted octanol–water partition coefficient (Wildman–Crippen LogP) is 3.24. The van der Waals surface area contributed by atoms with Crippen molar-refractivity contribution in [1.29, 1.82) is 0 Å². The second kappa shape index (κ2) is 5.93. The van der Waals surface area contributed by atoms with E-state index < -0.39 is 22.8 Å². The molecule has 3 atom stereocenters. The number of fused-ring (bicyclic) bond motifs is 2. The third-order valence-corrected chi connectivity index (χ3v) is 4.98. The van der Waals surface area contributed by atoms with Crippen LogP contribution in [-0.4, -0.2) is 36.0 Å². The smallest absolute Gasteiger partial charge is 0.338 e. The van der Waals surface area contributed by atoms with Gasteiger partial charge in [0, 0.05) is 31.1 Å². The molecule has 2 aliphatic heterocycles. The topological polar surface area (TPSA) is 87.9 Å². The highest BCUT2D eigenvalue weighted by Gasteiger charge is 2.58. The van der Waals surface area contributed by atoms with Gasteiger partial charge in [-0.1, -0.05) is 13.8 Å². The van der Waals surface area contributed by atoms with Gasteiger partial charge in [0.25, 0.3) is 5.69 Å². The zero-order chi connectivity index (χ0) is 18.4. The van der Waals surface area contributed by atoms with Gasteiger partial charge in [-0.05, 0) is 30.7 Å². The zero-order valence-electron chi connectivity index (χ0n) is 14.6. The normalized spacial score (nSPS) is 29.8. The van der Waals surface area contributed by atoms with Crippen LogP contribution in [0.3, 0.4) is 0 Å². The molecule has 134 valence electrons. The summed E-state index contributed by atoms with van der Waals surface area (Å²) in [6.45, 7) is 6.00. The van der Waals surface area contributed by atoms with Crippen LogP contribution in [0.15, 0.2) is 35.9 Å². The highest BCUT2D eigenvalue weighted by atomic mass is 16.7. The van der Waals surface area contributed by atoms with Crippen molar-refractivity contribution in [3.63, 3.8) is 0 Å². The Morgan fingerprint density at radius 3 is 2.52 bits per heavy atom. The second-order valence-corrected chi connectivity index (χ2v) is 7.18. The Morgan fingerprint density at radius 2 is 1.96 bits per heavy atom. The molecular formula is C18H21NO6. The first-order valence-corrected chi connectivity index (χ1v) is 8.06. The molecule has 7 heteroatoms. The van der Waals surface area contributed by atoms with E-state index in [1.165, 1.54) is 24.3 Å². The molecule has 1 aromatic rings. The Morgan fingerprint density at radius 1 is 1.32 bits per heavy atom. The van der Waals surface area contributed by atoms with Gasteiger partial charge >= 0.3 is 5.97 Å². The maximum absolute atomic E-state index is 12.4. The number of benzene rings is 1. The molecule has 0 radical (unpaired) electrons. The lowest BCUT2D eigenvalue weighted by Crippen LogP contribution is -2.43. The molecule has 0 aromatic heterocycles. The third kappa shape index (κ3) is 2.94. The van der Waals surface area contributed by atoms with Crippen molar-refractivity contribution < 1.29 is 23.9 Å². The number of esters is 1. The van der Waals surface area contributed by atoms with Gasteiger partial charge in [-0.15, -0.1) is 0 Å². The van der Waals surface area contributed by atoms with Crippen LogP contribution in [0.5, 0.6) is 0 Å². The van der Waals surface area contributed by atoms with Crippen molar-refractivity contribution in [1.82, 2.24) is 0 Å². The number of nitrogens with zero attached hydrogens (tertiary/aromatic N) is 1. The number of ether oxygens (including phenoxy) is 3. The first-order valence-electron chi connectivity index (χ1n) is 8.06. The average Bonchev–Trinajstić information content (AvgIpc) is 2.82. The standard InChI is InChI=1S/C18H21NO6/c1-11-9-14(15-17(2,3)10-18(11,23-4)25-15)24-16(20)12-5-7-13(8-6-12)19(21)22/h5-9,14-15H,10H2,1-4H3. The average molecular weight is 347 g/mol. The molecule has 1 aromatic carbocycles. The maximum atomic E-state index is 12.4. The minimum absolute atomic E-state index is 0.0740. The van der Waals surface area contributed by atoms with Crippen LogP contribution >= 0.6 is 0 Å². The molecule has 2 aliphatic rings. The zero-order valence-corrected chi connectivity index (χ0v) is 14.6. The molecule has 25 heavy (non-hydrogen) atoms. The Labute approximate surface area is 145 Å². The van der Waals surface area contributed by atoms with Crippen LogP contribution in [0.25, 0.3) is 0 Å². The first-order chi connectivity index (χ1) is 11.7.